The summed E-state index contributed by atoms with van der Waals surface area (Å²) in [6.45, 7) is 6.99. The van der Waals surface area contributed by atoms with Gasteiger partial charge in [-0.25, -0.2) is 0 Å². The van der Waals surface area contributed by atoms with Gasteiger partial charge in [0.05, 0.1) is 5.25 Å². The quantitative estimate of drug-likeness (QED) is 0.570. The van der Waals surface area contributed by atoms with Crippen molar-refractivity contribution in [1.82, 2.24) is 10.6 Å². The number of carbonyl (C=O) groups is 1. The Morgan fingerprint density at radius 2 is 2.10 bits per heavy atom. The molecule has 1 rings (SSSR count). The van der Waals surface area contributed by atoms with Crippen LogP contribution < -0.4 is 10.6 Å². The van der Waals surface area contributed by atoms with Crippen molar-refractivity contribution in [3.8, 4) is 0 Å². The van der Waals surface area contributed by atoms with Gasteiger partial charge >= 0.3 is 0 Å². The van der Waals surface area contributed by atoms with Gasteiger partial charge in [0.1, 0.15) is 0 Å². The third-order valence-electron chi connectivity index (χ3n) is 3.30. The summed E-state index contributed by atoms with van der Waals surface area (Å²) in [5.41, 5.74) is 1.25. The zero-order valence-electron chi connectivity index (χ0n) is 12.9. The van der Waals surface area contributed by atoms with Crippen LogP contribution in [0.25, 0.3) is 0 Å². The third kappa shape index (κ3) is 5.55. The molecule has 1 aromatic rings. The van der Waals surface area contributed by atoms with Crippen LogP contribution in [0.3, 0.4) is 0 Å². The van der Waals surface area contributed by atoms with E-state index in [-0.39, 0.29) is 11.2 Å². The maximum atomic E-state index is 12.0. The van der Waals surface area contributed by atoms with Crippen LogP contribution in [0.5, 0.6) is 0 Å². The Morgan fingerprint density at radius 1 is 1.35 bits per heavy atom. The molecule has 3 nitrogen and oxygen atoms in total. The first-order valence-corrected chi connectivity index (χ1v) is 8.18. The summed E-state index contributed by atoms with van der Waals surface area (Å²) in [5.74, 6) is 0.121. The summed E-state index contributed by atoms with van der Waals surface area (Å²) >= 11 is 1.61. The van der Waals surface area contributed by atoms with Crippen molar-refractivity contribution in [3.05, 3.63) is 29.8 Å². The molecule has 1 aromatic carbocycles. The highest BCUT2D eigenvalue weighted by atomic mass is 32.2. The zero-order chi connectivity index (χ0) is 15.0. The average Bonchev–Trinajstić information content (AvgIpc) is 2.46. The monoisotopic (exact) mass is 294 g/mol. The Bertz CT molecular complexity index is 423. The Hall–Kier alpha value is -1.00. The van der Waals surface area contributed by atoms with Gasteiger partial charge in [-0.15, -0.1) is 11.8 Å². The van der Waals surface area contributed by atoms with Gasteiger partial charge in [-0.05, 0) is 45.0 Å². The normalized spacial score (nSPS) is 13.8. The first-order valence-electron chi connectivity index (χ1n) is 7.30. The molecule has 2 unspecified atom stereocenters. The van der Waals surface area contributed by atoms with Crippen molar-refractivity contribution in [3.63, 3.8) is 0 Å². The van der Waals surface area contributed by atoms with E-state index in [0.717, 1.165) is 24.3 Å². The van der Waals surface area contributed by atoms with E-state index in [1.807, 2.05) is 20.0 Å². The van der Waals surface area contributed by atoms with Gasteiger partial charge in [0.25, 0.3) is 0 Å². The first-order chi connectivity index (χ1) is 9.58. The fraction of sp³-hybridized carbons (Fsp3) is 0.562. The Labute approximate surface area is 126 Å². The number of benzene rings is 1. The van der Waals surface area contributed by atoms with E-state index in [4.69, 9.17) is 0 Å². The number of unbranched alkanes of at least 4 members (excludes halogenated alkanes) is 1. The van der Waals surface area contributed by atoms with E-state index in [9.17, 15) is 4.79 Å². The van der Waals surface area contributed by atoms with E-state index in [2.05, 4.69) is 42.7 Å². The molecule has 0 aliphatic carbocycles. The van der Waals surface area contributed by atoms with Crippen molar-refractivity contribution >= 4 is 17.7 Å². The Morgan fingerprint density at radius 3 is 2.75 bits per heavy atom. The lowest BCUT2D eigenvalue weighted by atomic mass is 10.1. The summed E-state index contributed by atoms with van der Waals surface area (Å²) in [7, 11) is 1.95. The summed E-state index contributed by atoms with van der Waals surface area (Å²) < 4.78 is 0. The number of hydrogen-bond acceptors (Lipinski definition) is 3. The molecule has 0 spiro atoms. The van der Waals surface area contributed by atoms with Crippen LogP contribution in [0, 0.1) is 0 Å². The summed E-state index contributed by atoms with van der Waals surface area (Å²) in [5, 5.41) is 6.15. The molecule has 112 valence electrons. The van der Waals surface area contributed by atoms with Crippen molar-refractivity contribution in [2.24, 2.45) is 0 Å². The summed E-state index contributed by atoms with van der Waals surface area (Å²) in [6, 6.07) is 8.70. The number of carbonyl (C=O) groups excluding carboxylic acids is 1. The number of nitrogens with one attached hydrogen (secondary N) is 2. The summed E-state index contributed by atoms with van der Waals surface area (Å²) in [4.78, 5) is 13.1. The zero-order valence-corrected chi connectivity index (χ0v) is 13.7. The van der Waals surface area contributed by atoms with Gasteiger partial charge in [0.15, 0.2) is 0 Å². The minimum atomic E-state index is -0.0630. The first kappa shape index (κ1) is 17.1. The maximum Gasteiger partial charge on any atom is 0.233 e. The van der Waals surface area contributed by atoms with E-state index in [1.165, 1.54) is 5.56 Å². The van der Waals surface area contributed by atoms with Crippen LogP contribution >= 0.6 is 11.8 Å². The van der Waals surface area contributed by atoms with Gasteiger partial charge < -0.3 is 10.6 Å². The molecule has 2 N–H and O–H groups in total. The van der Waals surface area contributed by atoms with Gasteiger partial charge in [-0.1, -0.05) is 25.5 Å². The van der Waals surface area contributed by atoms with Crippen LogP contribution in [0.2, 0.25) is 0 Å². The fourth-order valence-corrected chi connectivity index (χ4v) is 2.77. The maximum absolute atomic E-state index is 12.0. The molecular weight excluding hydrogens is 268 g/mol. The van der Waals surface area contributed by atoms with Crippen LogP contribution in [0.15, 0.2) is 29.2 Å². The molecule has 0 aliphatic rings. The minimum absolute atomic E-state index is 0.0630. The van der Waals surface area contributed by atoms with Crippen molar-refractivity contribution < 1.29 is 4.79 Å². The highest BCUT2D eigenvalue weighted by molar-refractivity contribution is 8.00. The fourth-order valence-electron chi connectivity index (χ4n) is 1.81. The summed E-state index contributed by atoms with van der Waals surface area (Å²) in [6.07, 6.45) is 2.14. The molecular formula is C16H26N2OS. The SMILES string of the molecule is CCCCNC(=O)C(C)Sc1cccc(C(C)NC)c1. The molecule has 4 heteroatoms. The molecule has 0 aliphatic heterocycles. The highest BCUT2D eigenvalue weighted by Crippen LogP contribution is 2.26. The van der Waals surface area contributed by atoms with Crippen LogP contribution in [0.1, 0.15) is 45.2 Å². The van der Waals surface area contributed by atoms with E-state index >= 15 is 0 Å². The minimum Gasteiger partial charge on any atom is -0.355 e. The molecule has 0 saturated heterocycles. The number of hydrogen-bond donors (Lipinski definition) is 2. The topological polar surface area (TPSA) is 41.1 Å². The molecule has 0 bridgehead atoms. The second-order valence-electron chi connectivity index (χ2n) is 4.99. The molecule has 2 atom stereocenters. The second kappa shape index (κ2) is 9.03. The molecule has 0 fully saturated rings. The predicted molar refractivity (Wildman–Crippen MR) is 87.2 cm³/mol. The van der Waals surface area contributed by atoms with Crippen molar-refractivity contribution in [1.29, 1.82) is 0 Å². The number of rotatable bonds is 8. The van der Waals surface area contributed by atoms with Gasteiger partial charge in [-0.2, -0.15) is 0 Å². The third-order valence-corrected chi connectivity index (χ3v) is 4.40. The number of thioether (sulfide) groups is 1. The molecule has 0 aromatic heterocycles. The second-order valence-corrected chi connectivity index (χ2v) is 6.40. The van der Waals surface area contributed by atoms with Gasteiger partial charge in [-0.3, -0.25) is 4.79 Å². The smallest absolute Gasteiger partial charge is 0.233 e. The lowest BCUT2D eigenvalue weighted by Crippen LogP contribution is -2.31. The standard InChI is InChI=1S/C16H26N2OS/c1-5-6-10-18-16(19)13(3)20-15-9-7-8-14(11-15)12(2)17-4/h7-9,11-13,17H,5-6,10H2,1-4H3,(H,18,19). The molecule has 0 radical (unpaired) electrons. The van der Waals surface area contributed by atoms with Crippen LogP contribution in [-0.4, -0.2) is 24.7 Å². The largest absolute Gasteiger partial charge is 0.355 e. The Kier molecular flexibility index (Phi) is 7.70. The lowest BCUT2D eigenvalue weighted by molar-refractivity contribution is -0.120. The Balaban J connectivity index is 2.57. The molecule has 0 saturated carbocycles. The van der Waals surface area contributed by atoms with E-state index in [0.29, 0.717) is 6.04 Å². The van der Waals surface area contributed by atoms with Crippen molar-refractivity contribution in [2.75, 3.05) is 13.6 Å². The van der Waals surface area contributed by atoms with Crippen LogP contribution in [-0.2, 0) is 4.79 Å². The average molecular weight is 294 g/mol. The van der Waals surface area contributed by atoms with Crippen LogP contribution in [0.4, 0.5) is 0 Å². The van der Waals surface area contributed by atoms with E-state index in [1.54, 1.807) is 11.8 Å². The molecule has 20 heavy (non-hydrogen) atoms. The highest BCUT2D eigenvalue weighted by Gasteiger charge is 2.14. The lowest BCUT2D eigenvalue weighted by Gasteiger charge is -2.14. The molecule has 0 heterocycles. The number of amides is 1. The molecule has 1 amide bonds. The van der Waals surface area contributed by atoms with Gasteiger partial charge in [0, 0.05) is 17.5 Å². The van der Waals surface area contributed by atoms with E-state index < -0.39 is 0 Å². The van der Waals surface area contributed by atoms with Crippen molar-refractivity contribution in [2.45, 2.75) is 49.8 Å². The predicted octanol–water partition coefficient (Wildman–Crippen LogP) is 3.36. The van der Waals surface area contributed by atoms with Gasteiger partial charge in [0.2, 0.25) is 5.91 Å².